The van der Waals surface area contributed by atoms with Crippen LogP contribution in [-0.2, 0) is 4.79 Å². The van der Waals surface area contributed by atoms with Gasteiger partial charge in [0, 0.05) is 44.1 Å². The lowest BCUT2D eigenvalue weighted by Gasteiger charge is -2.22. The second kappa shape index (κ2) is 10.8. The highest BCUT2D eigenvalue weighted by Gasteiger charge is 2.27. The molecule has 1 aliphatic heterocycles. The van der Waals surface area contributed by atoms with Crippen molar-refractivity contribution in [1.29, 1.82) is 0 Å². The molecule has 0 saturated carbocycles. The molecule has 0 aliphatic carbocycles. The van der Waals surface area contributed by atoms with Crippen LogP contribution < -0.4 is 20.1 Å². The average Bonchev–Trinajstić information content (AvgIpc) is 3.19. The van der Waals surface area contributed by atoms with E-state index in [1.54, 1.807) is 14.2 Å². The summed E-state index contributed by atoms with van der Waals surface area (Å²) in [5, 5.41) is 6.28. The van der Waals surface area contributed by atoms with E-state index in [4.69, 9.17) is 9.47 Å². The topological polar surface area (TPSA) is 75.2 Å². The molecule has 156 valence electrons. The molecule has 0 bridgehead atoms. The van der Waals surface area contributed by atoms with E-state index in [2.05, 4.69) is 39.6 Å². The van der Waals surface area contributed by atoms with Gasteiger partial charge in [-0.1, -0.05) is 13.8 Å². The average molecular weight is 391 g/mol. The Morgan fingerprint density at radius 1 is 1.21 bits per heavy atom. The van der Waals surface area contributed by atoms with E-state index >= 15 is 0 Å². The molecule has 2 N–H and O–H groups in total. The van der Waals surface area contributed by atoms with E-state index in [9.17, 15) is 4.79 Å². The van der Waals surface area contributed by atoms with Gasteiger partial charge in [0.05, 0.1) is 20.8 Å². The minimum Gasteiger partial charge on any atom is -0.497 e. The predicted octanol–water partition coefficient (Wildman–Crippen LogP) is 2.23. The van der Waals surface area contributed by atoms with Crippen LogP contribution in [0.4, 0.5) is 0 Å². The molecule has 0 spiro atoms. The summed E-state index contributed by atoms with van der Waals surface area (Å²) < 4.78 is 10.8. The van der Waals surface area contributed by atoms with Gasteiger partial charge in [-0.05, 0) is 31.0 Å². The third kappa shape index (κ3) is 6.04. The van der Waals surface area contributed by atoms with Crippen molar-refractivity contribution in [1.82, 2.24) is 15.5 Å². The second-order valence-electron chi connectivity index (χ2n) is 7.26. The number of hydrogen-bond donors (Lipinski definition) is 2. The molecule has 7 nitrogen and oxygen atoms in total. The number of nitrogens with one attached hydrogen (secondary N) is 2. The van der Waals surface area contributed by atoms with Crippen molar-refractivity contribution in [2.75, 3.05) is 46.9 Å². The highest BCUT2D eigenvalue weighted by molar-refractivity contribution is 5.80. The zero-order valence-electron chi connectivity index (χ0n) is 17.7. The van der Waals surface area contributed by atoms with Gasteiger partial charge in [-0.15, -0.1) is 0 Å². The summed E-state index contributed by atoms with van der Waals surface area (Å²) in [6.45, 7) is 9.60. The molecular formula is C21H34N4O3. The summed E-state index contributed by atoms with van der Waals surface area (Å²) in [7, 11) is 3.35. The third-order valence-corrected chi connectivity index (χ3v) is 4.86. The molecule has 1 atom stereocenters. The maximum atomic E-state index is 11.7. The number of rotatable bonds is 8. The molecule has 0 radical (unpaired) electrons. The number of carbonyl (C=O) groups excluding carboxylic acids is 1. The molecule has 1 fully saturated rings. The number of benzene rings is 1. The SMILES string of the molecule is CCNC(=NCCNC(=O)C(C)C)N1CCC(c2cc(OC)cc(OC)c2)C1. The lowest BCUT2D eigenvalue weighted by atomic mass is 9.98. The molecule has 1 aromatic carbocycles. The molecular weight excluding hydrogens is 356 g/mol. The standard InChI is InChI=1S/C21H34N4O3/c1-6-22-21(24-9-8-23-20(26)15(2)3)25-10-7-16(14-25)17-11-18(27-4)13-19(12-17)28-5/h11-13,15-16H,6-10,14H2,1-5H3,(H,22,24)(H,23,26). The molecule has 0 aromatic heterocycles. The summed E-state index contributed by atoms with van der Waals surface area (Å²) in [5.41, 5.74) is 1.22. The number of ether oxygens (including phenoxy) is 2. The number of carbonyl (C=O) groups is 1. The maximum Gasteiger partial charge on any atom is 0.222 e. The van der Waals surface area contributed by atoms with Gasteiger partial charge in [-0.2, -0.15) is 0 Å². The van der Waals surface area contributed by atoms with Crippen LogP contribution in [0, 0.1) is 5.92 Å². The van der Waals surface area contributed by atoms with E-state index in [1.807, 2.05) is 19.9 Å². The van der Waals surface area contributed by atoms with Gasteiger partial charge < -0.3 is 25.0 Å². The Kier molecular flexibility index (Phi) is 8.42. The van der Waals surface area contributed by atoms with Crippen LogP contribution in [0.15, 0.2) is 23.2 Å². The summed E-state index contributed by atoms with van der Waals surface area (Å²) in [4.78, 5) is 18.6. The van der Waals surface area contributed by atoms with Crippen LogP contribution >= 0.6 is 0 Å². The van der Waals surface area contributed by atoms with Gasteiger partial charge in [0.15, 0.2) is 5.96 Å². The normalized spacial score (nSPS) is 17.0. The van der Waals surface area contributed by atoms with Gasteiger partial charge in [0.1, 0.15) is 11.5 Å². The fourth-order valence-electron chi connectivity index (χ4n) is 3.26. The van der Waals surface area contributed by atoms with Crippen molar-refractivity contribution in [2.45, 2.75) is 33.1 Å². The molecule has 1 saturated heterocycles. The smallest absolute Gasteiger partial charge is 0.222 e. The van der Waals surface area contributed by atoms with Crippen LogP contribution in [-0.4, -0.2) is 63.7 Å². The van der Waals surface area contributed by atoms with Crippen LogP contribution in [0.25, 0.3) is 0 Å². The van der Waals surface area contributed by atoms with Crippen molar-refractivity contribution in [3.05, 3.63) is 23.8 Å². The number of methoxy groups -OCH3 is 2. The molecule has 28 heavy (non-hydrogen) atoms. The Morgan fingerprint density at radius 3 is 2.46 bits per heavy atom. The molecule has 1 unspecified atom stereocenters. The Labute approximate surface area is 168 Å². The Balaban J connectivity index is 2.00. The molecule has 2 rings (SSSR count). The Hall–Kier alpha value is -2.44. The Bertz CT molecular complexity index is 653. The van der Waals surface area contributed by atoms with Gasteiger partial charge in [-0.3, -0.25) is 9.79 Å². The highest BCUT2D eigenvalue weighted by Crippen LogP contribution is 2.32. The van der Waals surface area contributed by atoms with Gasteiger partial charge in [0.2, 0.25) is 5.91 Å². The zero-order chi connectivity index (χ0) is 20.5. The summed E-state index contributed by atoms with van der Waals surface area (Å²) in [6, 6.07) is 6.07. The monoisotopic (exact) mass is 390 g/mol. The van der Waals surface area contributed by atoms with Crippen molar-refractivity contribution in [2.24, 2.45) is 10.9 Å². The molecule has 1 heterocycles. The Morgan fingerprint density at radius 2 is 1.89 bits per heavy atom. The molecule has 7 heteroatoms. The van der Waals surface area contributed by atoms with E-state index in [-0.39, 0.29) is 11.8 Å². The number of nitrogens with zero attached hydrogens (tertiary/aromatic N) is 2. The first-order valence-corrected chi connectivity index (χ1v) is 10.0. The van der Waals surface area contributed by atoms with Gasteiger partial charge >= 0.3 is 0 Å². The number of likely N-dealkylation sites (tertiary alicyclic amines) is 1. The number of guanidine groups is 1. The maximum absolute atomic E-state index is 11.7. The van der Waals surface area contributed by atoms with E-state index in [1.165, 1.54) is 5.56 Å². The van der Waals surface area contributed by atoms with Crippen LogP contribution in [0.1, 0.15) is 38.7 Å². The lowest BCUT2D eigenvalue weighted by molar-refractivity contribution is -0.123. The van der Waals surface area contributed by atoms with Crippen LogP contribution in [0.2, 0.25) is 0 Å². The fraction of sp³-hybridized carbons (Fsp3) is 0.619. The van der Waals surface area contributed by atoms with Crippen molar-refractivity contribution >= 4 is 11.9 Å². The first-order chi connectivity index (χ1) is 13.5. The van der Waals surface area contributed by atoms with E-state index in [0.717, 1.165) is 43.5 Å². The number of hydrogen-bond acceptors (Lipinski definition) is 4. The third-order valence-electron chi connectivity index (χ3n) is 4.86. The van der Waals surface area contributed by atoms with Crippen LogP contribution in [0.3, 0.4) is 0 Å². The van der Waals surface area contributed by atoms with E-state index < -0.39 is 0 Å². The second-order valence-corrected chi connectivity index (χ2v) is 7.26. The van der Waals surface area contributed by atoms with Crippen LogP contribution in [0.5, 0.6) is 11.5 Å². The number of aliphatic imine (C=N–C) groups is 1. The predicted molar refractivity (Wildman–Crippen MR) is 112 cm³/mol. The first-order valence-electron chi connectivity index (χ1n) is 10.0. The molecule has 1 aromatic rings. The quantitative estimate of drug-likeness (QED) is 0.404. The minimum atomic E-state index is -0.00332. The summed E-state index contributed by atoms with van der Waals surface area (Å²) >= 11 is 0. The summed E-state index contributed by atoms with van der Waals surface area (Å²) in [5.74, 6) is 2.99. The van der Waals surface area contributed by atoms with Gasteiger partial charge in [0.25, 0.3) is 0 Å². The number of amides is 1. The van der Waals surface area contributed by atoms with Crippen molar-refractivity contribution in [3.8, 4) is 11.5 Å². The van der Waals surface area contributed by atoms with Gasteiger partial charge in [-0.25, -0.2) is 0 Å². The van der Waals surface area contributed by atoms with E-state index in [0.29, 0.717) is 19.0 Å². The molecule has 1 amide bonds. The zero-order valence-corrected chi connectivity index (χ0v) is 17.7. The first kappa shape index (κ1) is 21.9. The van der Waals surface area contributed by atoms with Crippen molar-refractivity contribution < 1.29 is 14.3 Å². The lowest BCUT2D eigenvalue weighted by Crippen LogP contribution is -2.40. The molecule has 1 aliphatic rings. The summed E-state index contributed by atoms with van der Waals surface area (Å²) in [6.07, 6.45) is 1.05. The minimum absolute atomic E-state index is 0.00332. The highest BCUT2D eigenvalue weighted by atomic mass is 16.5. The fourth-order valence-corrected chi connectivity index (χ4v) is 3.26. The largest absolute Gasteiger partial charge is 0.497 e. The van der Waals surface area contributed by atoms with Crippen molar-refractivity contribution in [3.63, 3.8) is 0 Å².